The molecule has 0 atom stereocenters. The number of hydrogen-bond donors (Lipinski definition) is 2. The van der Waals surface area contributed by atoms with Gasteiger partial charge in [0.1, 0.15) is 23.2 Å². The Bertz CT molecular complexity index is 565. The molecule has 0 amide bonds. The molecule has 1 fully saturated rings. The summed E-state index contributed by atoms with van der Waals surface area (Å²) in [5.41, 5.74) is 2.63. The third-order valence-electron chi connectivity index (χ3n) is 3.45. The van der Waals surface area contributed by atoms with Crippen LogP contribution in [0.15, 0.2) is 28.9 Å². The molecule has 0 radical (unpaired) electrons. The van der Waals surface area contributed by atoms with Crippen molar-refractivity contribution in [2.75, 3.05) is 16.9 Å². The maximum Gasteiger partial charge on any atom is 0.145 e. The Morgan fingerprint density at radius 3 is 2.90 bits per heavy atom. The van der Waals surface area contributed by atoms with E-state index in [0.29, 0.717) is 18.3 Å². The maximum atomic E-state index is 5.51. The smallest absolute Gasteiger partial charge is 0.145 e. The van der Waals surface area contributed by atoms with Gasteiger partial charge in [-0.05, 0) is 31.9 Å². The molecule has 0 spiro atoms. The molecule has 0 saturated heterocycles. The van der Waals surface area contributed by atoms with Crippen molar-refractivity contribution in [1.82, 2.24) is 9.97 Å². The second-order valence-electron chi connectivity index (χ2n) is 4.98. The number of furan rings is 1. The molecule has 106 valence electrons. The van der Waals surface area contributed by atoms with Crippen LogP contribution >= 0.6 is 0 Å². The Labute approximate surface area is 118 Å². The van der Waals surface area contributed by atoms with E-state index in [2.05, 4.69) is 27.2 Å². The van der Waals surface area contributed by atoms with Crippen molar-refractivity contribution in [3.05, 3.63) is 36.0 Å². The second-order valence-corrected chi connectivity index (χ2v) is 4.98. The van der Waals surface area contributed by atoms with Crippen LogP contribution in [0.5, 0.6) is 0 Å². The molecule has 20 heavy (non-hydrogen) atoms. The Morgan fingerprint density at radius 1 is 1.45 bits per heavy atom. The van der Waals surface area contributed by atoms with Gasteiger partial charge in [0.25, 0.3) is 0 Å². The summed E-state index contributed by atoms with van der Waals surface area (Å²) in [6.45, 7) is 3.62. The molecule has 3 N–H and O–H groups in total. The number of rotatable bonds is 6. The van der Waals surface area contributed by atoms with Crippen LogP contribution in [-0.2, 0) is 6.54 Å². The molecule has 6 heteroatoms. The van der Waals surface area contributed by atoms with E-state index in [1.165, 1.54) is 0 Å². The van der Waals surface area contributed by atoms with Crippen molar-refractivity contribution >= 4 is 11.6 Å². The highest BCUT2D eigenvalue weighted by molar-refractivity contribution is 5.49. The van der Waals surface area contributed by atoms with E-state index >= 15 is 0 Å². The number of nitrogens with one attached hydrogen (secondary N) is 1. The van der Waals surface area contributed by atoms with E-state index in [0.717, 1.165) is 36.8 Å². The zero-order valence-corrected chi connectivity index (χ0v) is 11.5. The SMILES string of the molecule is CCN(Cc1ccco1)c1cc(NN)nc(C2CC2)n1. The van der Waals surface area contributed by atoms with Crippen LogP contribution in [0.2, 0.25) is 0 Å². The lowest BCUT2D eigenvalue weighted by molar-refractivity contribution is 0.502. The fourth-order valence-corrected chi connectivity index (χ4v) is 2.16. The van der Waals surface area contributed by atoms with Gasteiger partial charge in [-0.3, -0.25) is 0 Å². The summed E-state index contributed by atoms with van der Waals surface area (Å²) in [5, 5.41) is 0. The minimum absolute atomic E-state index is 0.490. The summed E-state index contributed by atoms with van der Waals surface area (Å²) in [5.74, 6) is 9.34. The van der Waals surface area contributed by atoms with E-state index in [-0.39, 0.29) is 0 Å². The molecule has 0 unspecified atom stereocenters. The number of nitrogens with zero attached hydrogens (tertiary/aromatic N) is 3. The van der Waals surface area contributed by atoms with Crippen molar-refractivity contribution < 1.29 is 4.42 Å². The van der Waals surface area contributed by atoms with E-state index in [9.17, 15) is 0 Å². The van der Waals surface area contributed by atoms with Gasteiger partial charge in [0.05, 0.1) is 12.8 Å². The van der Waals surface area contributed by atoms with E-state index in [1.54, 1.807) is 6.26 Å². The summed E-state index contributed by atoms with van der Waals surface area (Å²) in [7, 11) is 0. The Hall–Kier alpha value is -2.08. The van der Waals surface area contributed by atoms with Gasteiger partial charge in [-0.1, -0.05) is 0 Å². The Morgan fingerprint density at radius 2 is 2.30 bits per heavy atom. The average Bonchev–Trinajstić information content (AvgIpc) is 3.22. The van der Waals surface area contributed by atoms with Crippen molar-refractivity contribution in [1.29, 1.82) is 0 Å². The van der Waals surface area contributed by atoms with Crippen LogP contribution in [-0.4, -0.2) is 16.5 Å². The fraction of sp³-hybridized carbons (Fsp3) is 0.429. The lowest BCUT2D eigenvalue weighted by atomic mass is 10.3. The molecule has 1 saturated carbocycles. The van der Waals surface area contributed by atoms with Gasteiger partial charge in [-0.15, -0.1) is 0 Å². The molecule has 1 aliphatic carbocycles. The first-order valence-corrected chi connectivity index (χ1v) is 6.93. The first-order chi connectivity index (χ1) is 9.80. The van der Waals surface area contributed by atoms with Gasteiger partial charge in [-0.2, -0.15) is 0 Å². The monoisotopic (exact) mass is 273 g/mol. The summed E-state index contributed by atoms with van der Waals surface area (Å²) < 4.78 is 5.41. The van der Waals surface area contributed by atoms with Gasteiger partial charge >= 0.3 is 0 Å². The van der Waals surface area contributed by atoms with E-state index in [4.69, 9.17) is 10.3 Å². The minimum atomic E-state index is 0.490. The molecule has 2 aromatic heterocycles. The molecule has 3 rings (SSSR count). The van der Waals surface area contributed by atoms with Crippen molar-refractivity contribution in [3.8, 4) is 0 Å². The van der Waals surface area contributed by atoms with E-state index < -0.39 is 0 Å². The molecule has 0 aliphatic heterocycles. The lowest BCUT2D eigenvalue weighted by Gasteiger charge is -2.21. The fourth-order valence-electron chi connectivity index (χ4n) is 2.16. The number of hydrogen-bond acceptors (Lipinski definition) is 6. The van der Waals surface area contributed by atoms with Crippen LogP contribution < -0.4 is 16.2 Å². The molecular weight excluding hydrogens is 254 g/mol. The molecule has 0 aromatic carbocycles. The summed E-state index contributed by atoms with van der Waals surface area (Å²) >= 11 is 0. The second kappa shape index (κ2) is 5.50. The molecule has 2 aromatic rings. The highest BCUT2D eigenvalue weighted by atomic mass is 16.3. The largest absolute Gasteiger partial charge is 0.467 e. The lowest BCUT2D eigenvalue weighted by Crippen LogP contribution is -2.24. The van der Waals surface area contributed by atoms with Crippen LogP contribution in [0, 0.1) is 0 Å². The molecular formula is C14H19N5O. The predicted molar refractivity (Wildman–Crippen MR) is 77.2 cm³/mol. The topological polar surface area (TPSA) is 80.2 Å². The van der Waals surface area contributed by atoms with Gasteiger partial charge in [0.2, 0.25) is 0 Å². The number of anilines is 2. The summed E-state index contributed by atoms with van der Waals surface area (Å²) in [6.07, 6.45) is 4.02. The van der Waals surface area contributed by atoms with E-state index in [1.807, 2.05) is 18.2 Å². The third-order valence-corrected chi connectivity index (χ3v) is 3.45. The Balaban J connectivity index is 1.87. The standard InChI is InChI=1S/C14H19N5O/c1-2-19(9-11-4-3-7-20-11)13-8-12(18-15)16-14(17-13)10-5-6-10/h3-4,7-8,10H,2,5-6,9,15H2,1H3,(H,16,17,18). The summed E-state index contributed by atoms with van der Waals surface area (Å²) in [4.78, 5) is 11.2. The molecule has 6 nitrogen and oxygen atoms in total. The first kappa shape index (κ1) is 12.9. The first-order valence-electron chi connectivity index (χ1n) is 6.93. The van der Waals surface area contributed by atoms with Crippen molar-refractivity contribution in [2.45, 2.75) is 32.2 Å². The van der Waals surface area contributed by atoms with Crippen molar-refractivity contribution in [3.63, 3.8) is 0 Å². The van der Waals surface area contributed by atoms with Gasteiger partial charge in [0, 0.05) is 18.5 Å². The van der Waals surface area contributed by atoms with Crippen LogP contribution in [0.3, 0.4) is 0 Å². The van der Waals surface area contributed by atoms with Crippen LogP contribution in [0.25, 0.3) is 0 Å². The number of aromatic nitrogens is 2. The highest BCUT2D eigenvalue weighted by Crippen LogP contribution is 2.39. The minimum Gasteiger partial charge on any atom is -0.467 e. The molecule has 2 heterocycles. The summed E-state index contributed by atoms with van der Waals surface area (Å²) in [6, 6.07) is 5.73. The average molecular weight is 273 g/mol. The number of nitrogen functional groups attached to an aromatic ring is 1. The van der Waals surface area contributed by atoms with Crippen LogP contribution in [0.4, 0.5) is 11.6 Å². The quantitative estimate of drug-likeness (QED) is 0.620. The highest BCUT2D eigenvalue weighted by Gasteiger charge is 2.28. The third kappa shape index (κ3) is 2.75. The zero-order chi connectivity index (χ0) is 13.9. The number of hydrazine groups is 1. The Kier molecular flexibility index (Phi) is 3.56. The molecule has 0 bridgehead atoms. The van der Waals surface area contributed by atoms with Gasteiger partial charge in [-0.25, -0.2) is 15.8 Å². The van der Waals surface area contributed by atoms with Crippen molar-refractivity contribution in [2.24, 2.45) is 5.84 Å². The number of nitrogens with two attached hydrogens (primary N) is 1. The normalized spacial score (nSPS) is 14.3. The van der Waals surface area contributed by atoms with Crippen LogP contribution in [0.1, 0.15) is 37.3 Å². The van der Waals surface area contributed by atoms with Gasteiger partial charge in [0.15, 0.2) is 0 Å². The zero-order valence-electron chi connectivity index (χ0n) is 11.5. The molecule has 1 aliphatic rings. The van der Waals surface area contributed by atoms with Gasteiger partial charge < -0.3 is 14.7 Å². The predicted octanol–water partition coefficient (Wildman–Crippen LogP) is 2.26. The maximum absolute atomic E-state index is 5.51.